The molecule has 0 aliphatic rings. The van der Waals surface area contributed by atoms with Gasteiger partial charge in [-0.25, -0.2) is 4.98 Å². The number of nitrogens with zero attached hydrogens (tertiary/aromatic N) is 3. The quantitative estimate of drug-likeness (QED) is 0.739. The molecule has 120 valence electrons. The Morgan fingerprint density at radius 1 is 1.57 bits per heavy atom. The van der Waals surface area contributed by atoms with Crippen LogP contribution in [-0.2, 0) is 4.74 Å². The van der Waals surface area contributed by atoms with E-state index in [0.717, 1.165) is 5.39 Å². The van der Waals surface area contributed by atoms with Crippen molar-refractivity contribution >= 4 is 28.5 Å². The Bertz CT molecular complexity index is 844. The summed E-state index contributed by atoms with van der Waals surface area (Å²) in [5.41, 5.74) is 1.15. The van der Waals surface area contributed by atoms with E-state index in [1.54, 1.807) is 19.4 Å². The predicted octanol–water partition coefficient (Wildman–Crippen LogP) is 2.03. The normalized spacial score (nSPS) is 12.5. The van der Waals surface area contributed by atoms with Crippen LogP contribution in [0.4, 0.5) is 0 Å². The van der Waals surface area contributed by atoms with E-state index in [2.05, 4.69) is 25.4 Å². The maximum atomic E-state index is 11.9. The number of carbonyl (C=O) groups excluding carboxylic acids is 1. The molecule has 0 radical (unpaired) electrons. The summed E-state index contributed by atoms with van der Waals surface area (Å²) in [7, 11) is 1.56. The fourth-order valence-corrected chi connectivity index (χ4v) is 2.24. The molecular formula is C14H14ClN5O3. The van der Waals surface area contributed by atoms with E-state index in [-0.39, 0.29) is 17.8 Å². The number of carbonyl (C=O) groups is 1. The van der Waals surface area contributed by atoms with Gasteiger partial charge in [0.05, 0.1) is 16.7 Å². The first kappa shape index (κ1) is 15.4. The monoisotopic (exact) mass is 335 g/mol. The molecule has 1 amide bonds. The number of ether oxygens (including phenoxy) is 1. The highest BCUT2D eigenvalue weighted by Gasteiger charge is 2.19. The highest BCUT2D eigenvalue weighted by atomic mass is 35.5. The SMILES string of the molecule is COC(C)CNC(=O)c1nc(-c2cnc3[nH]ccc3c2Cl)no1. The summed E-state index contributed by atoms with van der Waals surface area (Å²) in [6.45, 7) is 2.17. The van der Waals surface area contributed by atoms with Crippen molar-refractivity contribution in [1.82, 2.24) is 25.4 Å². The number of amides is 1. The highest BCUT2D eigenvalue weighted by molar-refractivity contribution is 6.37. The van der Waals surface area contributed by atoms with E-state index in [4.69, 9.17) is 20.9 Å². The van der Waals surface area contributed by atoms with Crippen LogP contribution in [0, 0.1) is 0 Å². The van der Waals surface area contributed by atoms with Gasteiger partial charge in [-0.05, 0) is 13.0 Å². The third-order valence-electron chi connectivity index (χ3n) is 3.33. The molecule has 0 fully saturated rings. The molecule has 0 spiro atoms. The minimum Gasteiger partial charge on any atom is -0.380 e. The van der Waals surface area contributed by atoms with Crippen LogP contribution >= 0.6 is 11.6 Å². The molecule has 3 heterocycles. The van der Waals surface area contributed by atoms with Crippen LogP contribution in [0.25, 0.3) is 22.4 Å². The van der Waals surface area contributed by atoms with Gasteiger partial charge in [0.15, 0.2) is 0 Å². The maximum Gasteiger partial charge on any atom is 0.316 e. The Hall–Kier alpha value is -2.45. The number of methoxy groups -OCH3 is 1. The third-order valence-corrected chi connectivity index (χ3v) is 3.74. The lowest BCUT2D eigenvalue weighted by Crippen LogP contribution is -2.31. The summed E-state index contributed by atoms with van der Waals surface area (Å²) >= 11 is 6.33. The fraction of sp³-hybridized carbons (Fsp3) is 0.286. The van der Waals surface area contributed by atoms with E-state index in [1.165, 1.54) is 6.20 Å². The van der Waals surface area contributed by atoms with Gasteiger partial charge in [-0.2, -0.15) is 4.98 Å². The van der Waals surface area contributed by atoms with Crippen LogP contribution < -0.4 is 5.32 Å². The van der Waals surface area contributed by atoms with Gasteiger partial charge in [0.1, 0.15) is 5.65 Å². The average Bonchev–Trinajstić information content (AvgIpc) is 3.21. The standard InChI is InChI=1S/C14H14ClN5O3/c1-7(22-2)5-18-13(21)14-19-12(20-23-14)9-6-17-11-8(10(9)15)3-4-16-11/h3-4,6-7H,5H2,1-2H3,(H,16,17)(H,18,21). The zero-order valence-corrected chi connectivity index (χ0v) is 13.2. The van der Waals surface area contributed by atoms with Crippen molar-refractivity contribution in [3.63, 3.8) is 0 Å². The molecule has 1 atom stereocenters. The van der Waals surface area contributed by atoms with E-state index in [0.29, 0.717) is 22.8 Å². The Morgan fingerprint density at radius 3 is 3.17 bits per heavy atom. The molecule has 0 saturated heterocycles. The molecule has 8 nitrogen and oxygen atoms in total. The van der Waals surface area contributed by atoms with E-state index in [9.17, 15) is 4.79 Å². The number of hydrogen-bond donors (Lipinski definition) is 2. The number of aromatic amines is 1. The summed E-state index contributed by atoms with van der Waals surface area (Å²) in [4.78, 5) is 23.2. The topological polar surface area (TPSA) is 106 Å². The molecule has 0 bridgehead atoms. The Labute approximate surface area is 136 Å². The largest absolute Gasteiger partial charge is 0.380 e. The molecule has 0 aliphatic carbocycles. The summed E-state index contributed by atoms with van der Waals surface area (Å²) in [6, 6.07) is 1.80. The Balaban J connectivity index is 1.83. The molecule has 2 N–H and O–H groups in total. The molecule has 0 aromatic carbocycles. The molecule has 3 aromatic heterocycles. The van der Waals surface area contributed by atoms with E-state index in [1.807, 2.05) is 6.92 Å². The second-order valence-electron chi connectivity index (χ2n) is 4.91. The smallest absolute Gasteiger partial charge is 0.316 e. The van der Waals surface area contributed by atoms with Crippen LogP contribution in [0.15, 0.2) is 23.0 Å². The Kier molecular flexibility index (Phi) is 4.26. The van der Waals surface area contributed by atoms with Gasteiger partial charge >= 0.3 is 11.8 Å². The zero-order chi connectivity index (χ0) is 16.4. The van der Waals surface area contributed by atoms with Gasteiger partial charge < -0.3 is 19.6 Å². The van der Waals surface area contributed by atoms with E-state index >= 15 is 0 Å². The Morgan fingerprint density at radius 2 is 2.39 bits per heavy atom. The van der Waals surface area contributed by atoms with Gasteiger partial charge in [0.2, 0.25) is 5.82 Å². The second-order valence-corrected chi connectivity index (χ2v) is 5.28. The summed E-state index contributed by atoms with van der Waals surface area (Å²) < 4.78 is 10.0. The highest BCUT2D eigenvalue weighted by Crippen LogP contribution is 2.30. The lowest BCUT2D eigenvalue weighted by molar-refractivity contribution is 0.0832. The van der Waals surface area contributed by atoms with Crippen molar-refractivity contribution in [1.29, 1.82) is 0 Å². The van der Waals surface area contributed by atoms with Gasteiger partial charge in [0.25, 0.3) is 0 Å². The number of nitrogens with one attached hydrogen (secondary N) is 2. The number of hydrogen-bond acceptors (Lipinski definition) is 6. The van der Waals surface area contributed by atoms with Gasteiger partial charge in [-0.3, -0.25) is 4.79 Å². The van der Waals surface area contributed by atoms with Crippen molar-refractivity contribution in [2.45, 2.75) is 13.0 Å². The van der Waals surface area contributed by atoms with Crippen LogP contribution in [0.2, 0.25) is 5.02 Å². The van der Waals surface area contributed by atoms with Crippen LogP contribution in [0.1, 0.15) is 17.6 Å². The van der Waals surface area contributed by atoms with Crippen LogP contribution in [0.5, 0.6) is 0 Å². The molecule has 1 unspecified atom stereocenters. The van der Waals surface area contributed by atoms with Crippen molar-refractivity contribution in [3.8, 4) is 11.4 Å². The first-order valence-corrected chi connectivity index (χ1v) is 7.24. The lowest BCUT2D eigenvalue weighted by Gasteiger charge is -2.08. The number of aromatic nitrogens is 4. The van der Waals surface area contributed by atoms with Crippen molar-refractivity contribution in [2.24, 2.45) is 0 Å². The predicted molar refractivity (Wildman–Crippen MR) is 83.2 cm³/mol. The first-order valence-electron chi connectivity index (χ1n) is 6.86. The second kappa shape index (κ2) is 6.35. The average molecular weight is 336 g/mol. The summed E-state index contributed by atoms with van der Waals surface area (Å²) in [5, 5.41) is 7.62. The third kappa shape index (κ3) is 3.03. The molecule has 0 saturated carbocycles. The molecule has 0 aliphatic heterocycles. The number of pyridine rings is 1. The van der Waals surface area contributed by atoms with Crippen molar-refractivity contribution < 1.29 is 14.1 Å². The van der Waals surface area contributed by atoms with Gasteiger partial charge in [-0.15, -0.1) is 0 Å². The number of H-pyrrole nitrogens is 1. The number of halogens is 1. The summed E-state index contributed by atoms with van der Waals surface area (Å²) in [5.74, 6) is -0.413. The minimum atomic E-state index is -0.473. The molecule has 9 heteroatoms. The molecular weight excluding hydrogens is 322 g/mol. The fourth-order valence-electron chi connectivity index (χ4n) is 1.95. The first-order chi connectivity index (χ1) is 11.1. The molecule has 3 rings (SSSR count). The van der Waals surface area contributed by atoms with Gasteiger partial charge in [-0.1, -0.05) is 16.8 Å². The number of rotatable bonds is 5. The zero-order valence-electron chi connectivity index (χ0n) is 12.5. The van der Waals surface area contributed by atoms with Crippen molar-refractivity contribution in [3.05, 3.63) is 29.4 Å². The minimum absolute atomic E-state index is 0.115. The molecule has 23 heavy (non-hydrogen) atoms. The molecule has 3 aromatic rings. The van der Waals surface area contributed by atoms with Gasteiger partial charge in [0, 0.05) is 31.4 Å². The van der Waals surface area contributed by atoms with Crippen LogP contribution in [0.3, 0.4) is 0 Å². The van der Waals surface area contributed by atoms with Crippen molar-refractivity contribution in [2.75, 3.05) is 13.7 Å². The van der Waals surface area contributed by atoms with E-state index < -0.39 is 5.91 Å². The maximum absolute atomic E-state index is 11.9. The van der Waals surface area contributed by atoms with Crippen LogP contribution in [-0.4, -0.2) is 45.8 Å². The number of fused-ring (bicyclic) bond motifs is 1. The summed E-state index contributed by atoms with van der Waals surface area (Å²) in [6.07, 6.45) is 3.15. The lowest BCUT2D eigenvalue weighted by atomic mass is 10.2.